The summed E-state index contributed by atoms with van der Waals surface area (Å²) in [5.41, 5.74) is 2.00. The average molecular weight is 538 g/mol. The Morgan fingerprint density at radius 3 is 2.45 bits per heavy atom. The zero-order valence-electron chi connectivity index (χ0n) is 20.0. The predicted octanol–water partition coefficient (Wildman–Crippen LogP) is 4.97. The number of thioether (sulfide) groups is 1. The van der Waals surface area contributed by atoms with Gasteiger partial charge in [-0.15, -0.1) is 0 Å². The van der Waals surface area contributed by atoms with Crippen molar-refractivity contribution in [1.82, 2.24) is 4.90 Å². The Balaban J connectivity index is 1.31. The summed E-state index contributed by atoms with van der Waals surface area (Å²) < 4.78 is 32.3. The molecule has 0 unspecified atom stereocenters. The highest BCUT2D eigenvalue weighted by molar-refractivity contribution is 8.18. The molecule has 11 heteroatoms. The fourth-order valence-electron chi connectivity index (χ4n) is 3.44. The van der Waals surface area contributed by atoms with E-state index >= 15 is 0 Å². The van der Waals surface area contributed by atoms with E-state index in [1.54, 1.807) is 30.3 Å². The second kappa shape index (κ2) is 11.7. The Kier molecular flexibility index (Phi) is 8.17. The topological polar surface area (TPSA) is 105 Å². The number of hydrogen-bond acceptors (Lipinski definition) is 6. The standard InChI is InChI=1S/C27H21F2N3O5S/c1-16-3-2-4-19(11-16)30-25(34)15-37-20-8-5-17(6-9-20)12-23-26(35)32(27(36)38-23)14-24(33)31-22-10-7-18(28)13-21(22)29/h2-13H,14-15H2,1H3,(H,30,34)(H,31,33)/b23-12+. The summed E-state index contributed by atoms with van der Waals surface area (Å²) in [6.07, 6.45) is 1.48. The SMILES string of the molecule is Cc1cccc(NC(=O)COc2ccc(/C=C3/SC(=O)N(CC(=O)Nc4ccc(F)cc4F)C3=O)cc2)c1. The van der Waals surface area contributed by atoms with E-state index in [9.17, 15) is 28.0 Å². The Hall–Kier alpha value is -4.51. The Morgan fingerprint density at radius 1 is 0.974 bits per heavy atom. The first-order valence-corrected chi connectivity index (χ1v) is 12.1. The second-order valence-corrected chi connectivity index (χ2v) is 9.21. The van der Waals surface area contributed by atoms with Crippen LogP contribution in [0.25, 0.3) is 6.08 Å². The number of rotatable bonds is 8. The summed E-state index contributed by atoms with van der Waals surface area (Å²) in [5.74, 6) is -3.17. The van der Waals surface area contributed by atoms with Gasteiger partial charge in [0.2, 0.25) is 5.91 Å². The highest BCUT2D eigenvalue weighted by atomic mass is 32.2. The van der Waals surface area contributed by atoms with E-state index in [1.807, 2.05) is 25.1 Å². The summed E-state index contributed by atoms with van der Waals surface area (Å²) in [6.45, 7) is 1.09. The van der Waals surface area contributed by atoms with E-state index in [4.69, 9.17) is 4.74 Å². The first kappa shape index (κ1) is 26.6. The number of carbonyl (C=O) groups excluding carboxylic acids is 4. The van der Waals surface area contributed by atoms with E-state index in [0.29, 0.717) is 34.8 Å². The summed E-state index contributed by atoms with van der Waals surface area (Å²) in [6, 6.07) is 16.5. The van der Waals surface area contributed by atoms with Crippen molar-refractivity contribution in [2.24, 2.45) is 0 Å². The zero-order valence-corrected chi connectivity index (χ0v) is 20.8. The molecular formula is C27H21F2N3O5S. The van der Waals surface area contributed by atoms with E-state index in [2.05, 4.69) is 10.6 Å². The Labute approximate surface area is 220 Å². The van der Waals surface area contributed by atoms with E-state index in [-0.39, 0.29) is 23.1 Å². The van der Waals surface area contributed by atoms with Gasteiger partial charge in [0.25, 0.3) is 17.1 Å². The van der Waals surface area contributed by atoms with Gasteiger partial charge in [0.1, 0.15) is 23.9 Å². The molecule has 1 saturated heterocycles. The number of halogens is 2. The first-order valence-electron chi connectivity index (χ1n) is 11.3. The molecule has 1 aliphatic rings. The maximum Gasteiger partial charge on any atom is 0.294 e. The van der Waals surface area contributed by atoms with E-state index < -0.39 is 35.2 Å². The van der Waals surface area contributed by atoms with Gasteiger partial charge in [0, 0.05) is 11.8 Å². The fraction of sp³-hybridized carbons (Fsp3) is 0.111. The van der Waals surface area contributed by atoms with Crippen molar-refractivity contribution in [3.63, 3.8) is 0 Å². The maximum absolute atomic E-state index is 13.8. The quantitative estimate of drug-likeness (QED) is 0.394. The molecule has 4 rings (SSSR count). The van der Waals surface area contributed by atoms with Crippen LogP contribution in [0.3, 0.4) is 0 Å². The van der Waals surface area contributed by atoms with Crippen LogP contribution in [0.15, 0.2) is 71.6 Å². The number of ether oxygens (including phenoxy) is 1. The minimum atomic E-state index is -0.980. The third-order valence-electron chi connectivity index (χ3n) is 5.23. The van der Waals surface area contributed by atoms with Gasteiger partial charge in [0.05, 0.1) is 10.6 Å². The molecule has 0 aromatic heterocycles. The van der Waals surface area contributed by atoms with Gasteiger partial charge in [-0.2, -0.15) is 0 Å². The van der Waals surface area contributed by atoms with Crippen molar-refractivity contribution in [1.29, 1.82) is 0 Å². The van der Waals surface area contributed by atoms with Crippen molar-refractivity contribution < 1.29 is 32.7 Å². The van der Waals surface area contributed by atoms with Crippen LogP contribution in [0.5, 0.6) is 5.75 Å². The van der Waals surface area contributed by atoms with Gasteiger partial charge >= 0.3 is 0 Å². The van der Waals surface area contributed by atoms with Crippen molar-refractivity contribution in [3.05, 3.63) is 94.4 Å². The van der Waals surface area contributed by atoms with Gasteiger partial charge in [-0.1, -0.05) is 24.3 Å². The van der Waals surface area contributed by atoms with Crippen LogP contribution in [0, 0.1) is 18.6 Å². The molecule has 1 fully saturated rings. The maximum atomic E-state index is 13.8. The Bertz CT molecular complexity index is 1440. The van der Waals surface area contributed by atoms with Crippen LogP contribution >= 0.6 is 11.8 Å². The second-order valence-electron chi connectivity index (χ2n) is 8.22. The van der Waals surface area contributed by atoms with Crippen LogP contribution < -0.4 is 15.4 Å². The van der Waals surface area contributed by atoms with Crippen LogP contribution in [-0.4, -0.2) is 41.0 Å². The summed E-state index contributed by atoms with van der Waals surface area (Å²) in [5, 5.41) is 4.30. The molecule has 0 bridgehead atoms. The van der Waals surface area contributed by atoms with Gasteiger partial charge in [-0.05, 0) is 72.3 Å². The molecule has 1 aliphatic heterocycles. The van der Waals surface area contributed by atoms with Gasteiger partial charge < -0.3 is 15.4 Å². The first-order chi connectivity index (χ1) is 18.2. The predicted molar refractivity (Wildman–Crippen MR) is 139 cm³/mol. The van der Waals surface area contributed by atoms with Crippen LogP contribution in [0.1, 0.15) is 11.1 Å². The number of aryl methyl sites for hydroxylation is 1. The lowest BCUT2D eigenvalue weighted by molar-refractivity contribution is -0.127. The molecule has 4 amide bonds. The number of imide groups is 1. The summed E-state index contributed by atoms with van der Waals surface area (Å²) in [7, 11) is 0. The number of nitrogens with zero attached hydrogens (tertiary/aromatic N) is 1. The number of nitrogens with one attached hydrogen (secondary N) is 2. The van der Waals surface area contributed by atoms with Crippen LogP contribution in [0.2, 0.25) is 0 Å². The monoisotopic (exact) mass is 537 g/mol. The van der Waals surface area contributed by atoms with Crippen LogP contribution in [0.4, 0.5) is 25.0 Å². The highest BCUT2D eigenvalue weighted by Gasteiger charge is 2.36. The van der Waals surface area contributed by atoms with Crippen molar-refractivity contribution in [2.45, 2.75) is 6.92 Å². The minimum absolute atomic E-state index is 0.0990. The minimum Gasteiger partial charge on any atom is -0.484 e. The lowest BCUT2D eigenvalue weighted by atomic mass is 10.2. The largest absolute Gasteiger partial charge is 0.484 e. The normalized spacial score (nSPS) is 14.1. The van der Waals surface area contributed by atoms with Crippen molar-refractivity contribution in [3.8, 4) is 5.75 Å². The van der Waals surface area contributed by atoms with E-state index in [0.717, 1.165) is 22.6 Å². The van der Waals surface area contributed by atoms with Crippen molar-refractivity contribution in [2.75, 3.05) is 23.8 Å². The number of amides is 4. The summed E-state index contributed by atoms with van der Waals surface area (Å²) >= 11 is 0.661. The lowest BCUT2D eigenvalue weighted by Crippen LogP contribution is -2.36. The molecule has 0 atom stereocenters. The van der Waals surface area contributed by atoms with E-state index in [1.165, 1.54) is 6.08 Å². The number of anilines is 2. The molecule has 194 valence electrons. The molecule has 0 saturated carbocycles. The smallest absolute Gasteiger partial charge is 0.294 e. The number of hydrogen-bond donors (Lipinski definition) is 2. The number of benzene rings is 3. The third-order valence-corrected chi connectivity index (χ3v) is 6.14. The molecule has 8 nitrogen and oxygen atoms in total. The highest BCUT2D eigenvalue weighted by Crippen LogP contribution is 2.32. The van der Waals surface area contributed by atoms with Gasteiger partial charge in [-0.25, -0.2) is 8.78 Å². The van der Waals surface area contributed by atoms with Crippen LogP contribution in [-0.2, 0) is 14.4 Å². The molecule has 0 radical (unpaired) electrons. The lowest BCUT2D eigenvalue weighted by Gasteiger charge is -2.12. The number of carbonyl (C=O) groups is 4. The molecule has 0 spiro atoms. The molecule has 38 heavy (non-hydrogen) atoms. The third kappa shape index (κ3) is 6.83. The van der Waals surface area contributed by atoms with Gasteiger partial charge in [-0.3, -0.25) is 24.1 Å². The van der Waals surface area contributed by atoms with Gasteiger partial charge in [0.15, 0.2) is 6.61 Å². The summed E-state index contributed by atoms with van der Waals surface area (Å²) in [4.78, 5) is 50.2. The van der Waals surface area contributed by atoms with Crippen molar-refractivity contribution >= 4 is 52.2 Å². The average Bonchev–Trinajstić information content (AvgIpc) is 3.12. The molecule has 0 aliphatic carbocycles. The molecule has 3 aromatic carbocycles. The fourth-order valence-corrected chi connectivity index (χ4v) is 4.28. The molecule has 2 N–H and O–H groups in total. The zero-order chi connectivity index (χ0) is 27.2. The molecule has 3 aromatic rings. The Morgan fingerprint density at radius 2 is 1.74 bits per heavy atom. The molecule has 1 heterocycles. The molecular weight excluding hydrogens is 516 g/mol.